The fourth-order valence-corrected chi connectivity index (χ4v) is 2.42. The Hall–Kier alpha value is -1.26. The molecule has 0 aromatic carbocycles. The smallest absolute Gasteiger partial charge is 0.326 e. The number of carboxylic acids is 1. The average Bonchev–Trinajstić information content (AvgIpc) is 2.43. The minimum Gasteiger partial charge on any atom is -0.480 e. The molecule has 0 saturated heterocycles. The van der Waals surface area contributed by atoms with E-state index in [4.69, 9.17) is 0 Å². The number of urea groups is 1. The molecule has 2 N–H and O–H groups in total. The molecule has 0 spiro atoms. The minimum atomic E-state index is -0.966. The molecule has 2 amide bonds. The molecule has 0 fully saturated rings. The van der Waals surface area contributed by atoms with Crippen molar-refractivity contribution in [3.05, 3.63) is 0 Å². The van der Waals surface area contributed by atoms with Gasteiger partial charge < -0.3 is 15.3 Å². The zero-order valence-corrected chi connectivity index (χ0v) is 14.3. The molecule has 0 rings (SSSR count). The Morgan fingerprint density at radius 2 is 1.57 bits per heavy atom. The highest BCUT2D eigenvalue weighted by Gasteiger charge is 2.29. The summed E-state index contributed by atoms with van der Waals surface area (Å²) in [6.45, 7) is 12.7. The fraction of sp³-hybridized carbons (Fsp3) is 0.875. The van der Waals surface area contributed by atoms with Crippen molar-refractivity contribution in [2.75, 3.05) is 6.54 Å². The Bertz CT molecular complexity index is 327. The molecule has 0 saturated carbocycles. The molecule has 0 aliphatic carbocycles. The predicted molar refractivity (Wildman–Crippen MR) is 85.3 cm³/mol. The van der Waals surface area contributed by atoms with Gasteiger partial charge in [-0.25, -0.2) is 9.59 Å². The fourth-order valence-electron chi connectivity index (χ4n) is 2.42. The summed E-state index contributed by atoms with van der Waals surface area (Å²) in [5.41, 5.74) is 0. The second kappa shape index (κ2) is 9.64. The van der Waals surface area contributed by atoms with Crippen LogP contribution in [0.4, 0.5) is 4.79 Å². The van der Waals surface area contributed by atoms with Gasteiger partial charge in [0.15, 0.2) is 0 Å². The van der Waals surface area contributed by atoms with Crippen molar-refractivity contribution < 1.29 is 14.7 Å². The lowest BCUT2D eigenvalue weighted by molar-refractivity contribution is -0.140. The topological polar surface area (TPSA) is 69.6 Å². The molecule has 0 aromatic rings. The molecule has 0 aliphatic rings. The third kappa shape index (κ3) is 6.36. The molecular formula is C16H32N2O3. The second-order valence-corrected chi connectivity index (χ2v) is 6.17. The van der Waals surface area contributed by atoms with Crippen LogP contribution in [0.5, 0.6) is 0 Å². The summed E-state index contributed by atoms with van der Waals surface area (Å²) in [5.74, 6) is -0.705. The van der Waals surface area contributed by atoms with Gasteiger partial charge >= 0.3 is 12.0 Å². The minimum absolute atomic E-state index is 0.0888. The number of carbonyl (C=O) groups is 2. The normalized spacial score (nSPS) is 14.1. The molecule has 124 valence electrons. The first kappa shape index (κ1) is 19.7. The summed E-state index contributed by atoms with van der Waals surface area (Å²) in [4.78, 5) is 25.7. The molecule has 0 bridgehead atoms. The van der Waals surface area contributed by atoms with E-state index in [0.29, 0.717) is 18.9 Å². The van der Waals surface area contributed by atoms with Crippen molar-refractivity contribution in [3.8, 4) is 0 Å². The van der Waals surface area contributed by atoms with Gasteiger partial charge in [0.1, 0.15) is 6.04 Å². The zero-order chi connectivity index (χ0) is 16.6. The molecule has 5 heteroatoms. The zero-order valence-electron chi connectivity index (χ0n) is 14.3. The first-order chi connectivity index (χ1) is 9.78. The Kier molecular flexibility index (Phi) is 9.06. The highest BCUT2D eigenvalue weighted by molar-refractivity contribution is 5.83. The first-order valence-corrected chi connectivity index (χ1v) is 8.08. The molecule has 0 radical (unpaired) electrons. The summed E-state index contributed by atoms with van der Waals surface area (Å²) in [5, 5.41) is 12.0. The van der Waals surface area contributed by atoms with Gasteiger partial charge in [-0.1, -0.05) is 48.0 Å². The Morgan fingerprint density at radius 1 is 1.05 bits per heavy atom. The van der Waals surface area contributed by atoms with E-state index in [1.54, 1.807) is 4.90 Å². The first-order valence-electron chi connectivity index (χ1n) is 8.08. The van der Waals surface area contributed by atoms with Crippen molar-refractivity contribution in [1.82, 2.24) is 10.2 Å². The van der Waals surface area contributed by atoms with Crippen molar-refractivity contribution >= 4 is 12.0 Å². The number of hydrogen-bond donors (Lipinski definition) is 2. The third-order valence-corrected chi connectivity index (χ3v) is 3.96. The summed E-state index contributed by atoms with van der Waals surface area (Å²) >= 11 is 0. The predicted octanol–water partition coefficient (Wildman–Crippen LogP) is 3.34. The van der Waals surface area contributed by atoms with E-state index in [9.17, 15) is 14.7 Å². The van der Waals surface area contributed by atoms with Crippen LogP contribution >= 0.6 is 0 Å². The van der Waals surface area contributed by atoms with Crippen LogP contribution < -0.4 is 5.32 Å². The van der Waals surface area contributed by atoms with Crippen molar-refractivity contribution in [3.63, 3.8) is 0 Å². The number of nitrogens with one attached hydrogen (secondary N) is 1. The molecule has 0 heterocycles. The number of hydrogen-bond acceptors (Lipinski definition) is 2. The van der Waals surface area contributed by atoms with E-state index in [2.05, 4.69) is 33.0 Å². The van der Waals surface area contributed by atoms with E-state index in [1.165, 1.54) is 0 Å². The average molecular weight is 300 g/mol. The van der Waals surface area contributed by atoms with Gasteiger partial charge in [-0.2, -0.15) is 0 Å². The number of carbonyl (C=O) groups excluding carboxylic acids is 1. The maximum absolute atomic E-state index is 12.5. The molecule has 2 atom stereocenters. The van der Waals surface area contributed by atoms with Gasteiger partial charge in [0.2, 0.25) is 0 Å². The van der Waals surface area contributed by atoms with Gasteiger partial charge in [0.05, 0.1) is 0 Å². The van der Waals surface area contributed by atoms with E-state index in [1.807, 2.05) is 13.8 Å². The summed E-state index contributed by atoms with van der Waals surface area (Å²) in [6.07, 6.45) is 2.46. The number of amides is 2. The van der Waals surface area contributed by atoms with Gasteiger partial charge in [0, 0.05) is 12.6 Å². The monoisotopic (exact) mass is 300 g/mol. The van der Waals surface area contributed by atoms with Crippen LogP contribution in [0.3, 0.4) is 0 Å². The number of nitrogens with zero attached hydrogens (tertiary/aromatic N) is 1. The summed E-state index contributed by atoms with van der Waals surface area (Å²) in [6, 6.07) is -0.935. The third-order valence-electron chi connectivity index (χ3n) is 3.96. The van der Waals surface area contributed by atoms with Crippen LogP contribution in [-0.4, -0.2) is 40.6 Å². The molecule has 21 heavy (non-hydrogen) atoms. The van der Waals surface area contributed by atoms with Crippen LogP contribution in [0.15, 0.2) is 0 Å². The number of rotatable bonds is 9. The van der Waals surface area contributed by atoms with E-state index >= 15 is 0 Å². The van der Waals surface area contributed by atoms with E-state index in [-0.39, 0.29) is 18.0 Å². The Morgan fingerprint density at radius 3 is 1.90 bits per heavy atom. The van der Waals surface area contributed by atoms with Crippen LogP contribution in [0.25, 0.3) is 0 Å². The largest absolute Gasteiger partial charge is 0.480 e. The summed E-state index contributed by atoms with van der Waals surface area (Å²) < 4.78 is 0. The SMILES string of the molecule is CCC(CC)N(CC(C)C)C(=O)N[C@H](C(=O)O)[C@@H](C)CC. The lowest BCUT2D eigenvalue weighted by Crippen LogP contribution is -2.53. The van der Waals surface area contributed by atoms with Gasteiger partial charge in [-0.3, -0.25) is 0 Å². The molecule has 0 unspecified atom stereocenters. The second-order valence-electron chi connectivity index (χ2n) is 6.17. The van der Waals surface area contributed by atoms with Crippen molar-refractivity contribution in [2.45, 2.75) is 72.9 Å². The molecule has 0 aliphatic heterocycles. The lowest BCUT2D eigenvalue weighted by Gasteiger charge is -2.34. The maximum Gasteiger partial charge on any atom is 0.326 e. The van der Waals surface area contributed by atoms with Gasteiger partial charge in [0.25, 0.3) is 0 Å². The summed E-state index contributed by atoms with van der Waals surface area (Å²) in [7, 11) is 0. The standard InChI is InChI=1S/C16H32N2O3/c1-7-12(6)14(15(19)20)17-16(21)18(10-11(4)5)13(8-2)9-3/h11-14H,7-10H2,1-6H3,(H,17,21)(H,19,20)/t12-,14-/m0/s1. The molecular weight excluding hydrogens is 268 g/mol. The van der Waals surface area contributed by atoms with Crippen molar-refractivity contribution in [2.24, 2.45) is 11.8 Å². The van der Waals surface area contributed by atoms with Crippen LogP contribution in [0.1, 0.15) is 60.8 Å². The van der Waals surface area contributed by atoms with Gasteiger partial charge in [-0.05, 0) is 24.7 Å². The highest BCUT2D eigenvalue weighted by atomic mass is 16.4. The number of carboxylic acid groups (broad SMARTS) is 1. The van der Waals surface area contributed by atoms with E-state index in [0.717, 1.165) is 12.8 Å². The van der Waals surface area contributed by atoms with Crippen molar-refractivity contribution in [1.29, 1.82) is 0 Å². The Labute approximate surface area is 129 Å². The Balaban J connectivity index is 5.05. The lowest BCUT2D eigenvalue weighted by atomic mass is 9.99. The van der Waals surface area contributed by atoms with Crippen LogP contribution in [0.2, 0.25) is 0 Å². The number of aliphatic carboxylic acids is 1. The quantitative estimate of drug-likeness (QED) is 0.686. The van der Waals surface area contributed by atoms with Crippen LogP contribution in [-0.2, 0) is 4.79 Å². The molecule has 0 aromatic heterocycles. The van der Waals surface area contributed by atoms with Gasteiger partial charge in [-0.15, -0.1) is 0 Å². The highest BCUT2D eigenvalue weighted by Crippen LogP contribution is 2.14. The maximum atomic E-state index is 12.5. The van der Waals surface area contributed by atoms with Crippen LogP contribution in [0, 0.1) is 11.8 Å². The molecule has 5 nitrogen and oxygen atoms in total. The van der Waals surface area contributed by atoms with E-state index < -0.39 is 12.0 Å².